The van der Waals surface area contributed by atoms with E-state index in [1.165, 1.54) is 29.5 Å². The summed E-state index contributed by atoms with van der Waals surface area (Å²) in [6.45, 7) is 0.713. The molecule has 0 amide bonds. The fourth-order valence-electron chi connectivity index (χ4n) is 4.11. The van der Waals surface area contributed by atoms with Crippen LogP contribution in [0.4, 0.5) is 13.2 Å². The summed E-state index contributed by atoms with van der Waals surface area (Å²) in [5.41, 5.74) is 2.41. The molecule has 0 saturated carbocycles. The van der Waals surface area contributed by atoms with E-state index in [0.717, 1.165) is 17.9 Å². The van der Waals surface area contributed by atoms with E-state index in [2.05, 4.69) is 26.2 Å². The van der Waals surface area contributed by atoms with Gasteiger partial charge < -0.3 is 4.57 Å². The lowest BCUT2D eigenvalue weighted by atomic mass is 10.0. The van der Waals surface area contributed by atoms with Crippen molar-refractivity contribution in [3.63, 3.8) is 0 Å². The Morgan fingerprint density at radius 3 is 2.84 bits per heavy atom. The van der Waals surface area contributed by atoms with Crippen LogP contribution in [0.3, 0.4) is 0 Å². The maximum absolute atomic E-state index is 13.2. The van der Waals surface area contributed by atoms with Gasteiger partial charge >= 0.3 is 6.18 Å². The second kappa shape index (κ2) is 7.49. The van der Waals surface area contributed by atoms with Gasteiger partial charge in [0.1, 0.15) is 11.4 Å². The minimum Gasteiger partial charge on any atom is -0.336 e. The molecule has 1 aliphatic rings. The van der Waals surface area contributed by atoms with Crippen LogP contribution >= 0.6 is 11.6 Å². The highest BCUT2D eigenvalue weighted by molar-refractivity contribution is 6.31. The van der Waals surface area contributed by atoms with E-state index in [9.17, 15) is 13.2 Å². The molecule has 6 nitrogen and oxygen atoms in total. The number of fused-ring (bicyclic) bond motifs is 1. The number of nitrogens with zero attached hydrogens (tertiary/aromatic N) is 5. The Labute approximate surface area is 180 Å². The van der Waals surface area contributed by atoms with Gasteiger partial charge in [-0.3, -0.25) is 4.98 Å². The normalized spacial score (nSPS) is 15.9. The number of halogens is 4. The summed E-state index contributed by atoms with van der Waals surface area (Å²) < 4.78 is 41.4. The van der Waals surface area contributed by atoms with E-state index in [1.54, 1.807) is 6.33 Å². The number of aromatic amines is 1. The first-order valence-corrected chi connectivity index (χ1v) is 10.0. The molecular formula is C21H16ClF3N6. The second-order valence-electron chi connectivity index (χ2n) is 7.45. The van der Waals surface area contributed by atoms with E-state index >= 15 is 0 Å². The van der Waals surface area contributed by atoms with Crippen LogP contribution in [0.1, 0.15) is 29.2 Å². The lowest BCUT2D eigenvalue weighted by Gasteiger charge is -2.13. The smallest absolute Gasteiger partial charge is 0.336 e. The van der Waals surface area contributed by atoms with Crippen molar-refractivity contribution >= 4 is 11.6 Å². The van der Waals surface area contributed by atoms with Crippen molar-refractivity contribution < 1.29 is 13.2 Å². The molecule has 1 N–H and O–H groups in total. The van der Waals surface area contributed by atoms with Crippen molar-refractivity contribution in [3.05, 3.63) is 70.9 Å². The Balaban J connectivity index is 1.41. The van der Waals surface area contributed by atoms with Crippen molar-refractivity contribution in [2.24, 2.45) is 0 Å². The summed E-state index contributed by atoms with van der Waals surface area (Å²) in [6, 6.07) is 8.98. The van der Waals surface area contributed by atoms with Gasteiger partial charge in [-0.05, 0) is 42.2 Å². The topological polar surface area (TPSA) is 72.3 Å². The van der Waals surface area contributed by atoms with Crippen LogP contribution < -0.4 is 0 Å². The van der Waals surface area contributed by atoms with Crippen LogP contribution in [0.2, 0.25) is 5.02 Å². The SMILES string of the molecule is FC(F)(F)c1n[nH]nc1-c1ccnc(-c2cn(C[C@@H]3CCc4cccc(Cl)c43)cn2)c1. The summed E-state index contributed by atoms with van der Waals surface area (Å²) in [5.74, 6) is 0.287. The molecule has 0 unspecified atom stereocenters. The minimum absolute atomic E-state index is 0.261. The molecule has 0 bridgehead atoms. The van der Waals surface area contributed by atoms with Crippen molar-refractivity contribution in [2.75, 3.05) is 0 Å². The zero-order valence-corrected chi connectivity index (χ0v) is 16.8. The molecule has 10 heteroatoms. The number of pyridine rings is 1. The van der Waals surface area contributed by atoms with E-state index in [4.69, 9.17) is 11.6 Å². The third-order valence-corrected chi connectivity index (χ3v) is 5.82. The van der Waals surface area contributed by atoms with E-state index < -0.39 is 11.9 Å². The Morgan fingerprint density at radius 2 is 2.00 bits per heavy atom. The quantitative estimate of drug-likeness (QED) is 0.473. The van der Waals surface area contributed by atoms with Gasteiger partial charge in [-0.1, -0.05) is 23.7 Å². The molecule has 0 radical (unpaired) electrons. The Hall–Kier alpha value is -3.20. The predicted molar refractivity (Wildman–Crippen MR) is 108 cm³/mol. The minimum atomic E-state index is -4.60. The summed E-state index contributed by atoms with van der Waals surface area (Å²) in [6.07, 6.45) is 2.37. The maximum atomic E-state index is 13.2. The molecule has 158 valence electrons. The molecule has 5 rings (SSSR count). The Bertz CT molecular complexity index is 1250. The molecule has 4 aromatic rings. The van der Waals surface area contributed by atoms with Gasteiger partial charge in [-0.25, -0.2) is 4.98 Å². The van der Waals surface area contributed by atoms with Crippen LogP contribution in [0, 0.1) is 0 Å². The van der Waals surface area contributed by atoms with Gasteiger partial charge in [0.05, 0.1) is 12.0 Å². The summed E-state index contributed by atoms with van der Waals surface area (Å²) in [7, 11) is 0. The highest BCUT2D eigenvalue weighted by Crippen LogP contribution is 2.39. The van der Waals surface area contributed by atoms with E-state index in [1.807, 2.05) is 28.1 Å². The Kier molecular flexibility index (Phi) is 4.77. The molecule has 3 heterocycles. The third-order valence-electron chi connectivity index (χ3n) is 5.49. The van der Waals surface area contributed by atoms with Crippen LogP contribution in [-0.4, -0.2) is 29.9 Å². The largest absolute Gasteiger partial charge is 0.437 e. The van der Waals surface area contributed by atoms with Crippen LogP contribution in [0.15, 0.2) is 49.1 Å². The lowest BCUT2D eigenvalue weighted by Crippen LogP contribution is -2.07. The number of H-pyrrole nitrogens is 1. The zero-order chi connectivity index (χ0) is 21.6. The second-order valence-corrected chi connectivity index (χ2v) is 7.86. The van der Waals surface area contributed by atoms with Crippen molar-refractivity contribution in [2.45, 2.75) is 31.5 Å². The monoisotopic (exact) mass is 444 g/mol. The number of imidazole rings is 1. The first-order chi connectivity index (χ1) is 14.9. The number of aryl methyl sites for hydroxylation is 1. The first kappa shape index (κ1) is 19.7. The molecule has 31 heavy (non-hydrogen) atoms. The fourth-order valence-corrected chi connectivity index (χ4v) is 4.46. The number of hydrogen-bond acceptors (Lipinski definition) is 4. The fraction of sp³-hybridized carbons (Fsp3) is 0.238. The van der Waals surface area contributed by atoms with E-state index in [0.29, 0.717) is 17.9 Å². The number of hydrogen-bond donors (Lipinski definition) is 1. The van der Waals surface area contributed by atoms with Crippen LogP contribution in [0.25, 0.3) is 22.6 Å². The molecule has 1 aliphatic carbocycles. The summed E-state index contributed by atoms with van der Waals surface area (Å²) in [4.78, 5) is 8.67. The van der Waals surface area contributed by atoms with Gasteiger partial charge in [0.25, 0.3) is 0 Å². The van der Waals surface area contributed by atoms with Gasteiger partial charge in [-0.2, -0.15) is 28.6 Å². The molecule has 1 aromatic carbocycles. The van der Waals surface area contributed by atoms with Crippen LogP contribution in [-0.2, 0) is 19.1 Å². The Morgan fingerprint density at radius 1 is 1.13 bits per heavy atom. The highest BCUT2D eigenvalue weighted by Gasteiger charge is 2.38. The molecule has 0 fully saturated rings. The first-order valence-electron chi connectivity index (χ1n) is 9.64. The average molecular weight is 445 g/mol. The molecule has 0 spiro atoms. The molecule has 3 aromatic heterocycles. The van der Waals surface area contributed by atoms with Gasteiger partial charge in [-0.15, -0.1) is 0 Å². The lowest BCUT2D eigenvalue weighted by molar-refractivity contribution is -0.140. The number of alkyl halides is 3. The number of rotatable bonds is 4. The molecule has 0 saturated heterocycles. The summed E-state index contributed by atoms with van der Waals surface area (Å²) >= 11 is 6.41. The van der Waals surface area contributed by atoms with Crippen molar-refractivity contribution in [1.82, 2.24) is 29.9 Å². The average Bonchev–Trinajstić information content (AvgIpc) is 3.48. The number of benzene rings is 1. The van der Waals surface area contributed by atoms with Gasteiger partial charge in [0, 0.05) is 35.4 Å². The third kappa shape index (κ3) is 3.69. The standard InChI is InChI=1S/C21H16ClF3N6/c22-15-3-1-2-12-4-5-14(18(12)15)9-31-10-17(27-11-31)16-8-13(6-7-26-16)19-20(21(23,24)25)29-30-28-19/h1-3,6-8,10-11,14H,4-5,9H2,(H,28,29,30)/t14-/m0/s1. The van der Waals surface area contributed by atoms with Crippen LogP contribution in [0.5, 0.6) is 0 Å². The molecular weight excluding hydrogens is 429 g/mol. The maximum Gasteiger partial charge on any atom is 0.437 e. The van der Waals surface area contributed by atoms with E-state index in [-0.39, 0.29) is 17.2 Å². The highest BCUT2D eigenvalue weighted by atomic mass is 35.5. The zero-order valence-electron chi connectivity index (χ0n) is 16.1. The predicted octanol–water partition coefficient (Wildman–Crippen LogP) is 5.13. The molecule has 0 aliphatic heterocycles. The summed E-state index contributed by atoms with van der Waals surface area (Å²) in [5, 5.41) is 9.74. The number of aromatic nitrogens is 6. The van der Waals surface area contributed by atoms with Crippen molar-refractivity contribution in [1.29, 1.82) is 0 Å². The molecule has 1 atom stereocenters. The number of nitrogens with one attached hydrogen (secondary N) is 1. The van der Waals surface area contributed by atoms with Gasteiger partial charge in [0.15, 0.2) is 5.69 Å². The van der Waals surface area contributed by atoms with Gasteiger partial charge in [0.2, 0.25) is 0 Å². The van der Waals surface area contributed by atoms with Crippen molar-refractivity contribution in [3.8, 4) is 22.6 Å².